The van der Waals surface area contributed by atoms with Gasteiger partial charge in [0.05, 0.1) is 11.2 Å². The van der Waals surface area contributed by atoms with Crippen molar-refractivity contribution in [2.45, 2.75) is 56.6 Å². The normalized spacial score (nSPS) is 19.4. The monoisotopic (exact) mass is 488 g/mol. The molecule has 11 nitrogen and oxygen atoms in total. The summed E-state index contributed by atoms with van der Waals surface area (Å²) in [6, 6.07) is 5.74. The van der Waals surface area contributed by atoms with Gasteiger partial charge in [0.1, 0.15) is 6.54 Å². The van der Waals surface area contributed by atoms with Crippen molar-refractivity contribution in [2.75, 3.05) is 5.32 Å². The first kappa shape index (κ1) is 23.9. The predicted octanol–water partition coefficient (Wildman–Crippen LogP) is 1.02. The minimum Gasteiger partial charge on any atom is -0.328 e. The van der Waals surface area contributed by atoms with E-state index in [2.05, 4.69) is 10.3 Å². The molecule has 0 bridgehead atoms. The Balaban J connectivity index is 1.54. The molecule has 182 valence electrons. The van der Waals surface area contributed by atoms with Crippen molar-refractivity contribution in [3.8, 4) is 0 Å². The van der Waals surface area contributed by atoms with Crippen molar-refractivity contribution in [3.63, 3.8) is 0 Å². The van der Waals surface area contributed by atoms with Crippen LogP contribution in [0.3, 0.4) is 0 Å². The summed E-state index contributed by atoms with van der Waals surface area (Å²) in [6.45, 7) is 3.34. The zero-order valence-corrected chi connectivity index (χ0v) is 20.4. The number of rotatable bonds is 5. The van der Waals surface area contributed by atoms with Crippen LogP contribution in [-0.2, 0) is 35.5 Å². The van der Waals surface area contributed by atoms with E-state index < -0.39 is 33.7 Å². The van der Waals surface area contributed by atoms with Crippen LogP contribution in [0.25, 0.3) is 11.2 Å². The van der Waals surface area contributed by atoms with Crippen LogP contribution in [0.2, 0.25) is 0 Å². The van der Waals surface area contributed by atoms with Crippen molar-refractivity contribution < 1.29 is 13.2 Å². The lowest BCUT2D eigenvalue weighted by Crippen LogP contribution is -2.47. The third-order valence-electron chi connectivity index (χ3n) is 6.33. The van der Waals surface area contributed by atoms with Crippen LogP contribution in [0.1, 0.15) is 33.1 Å². The lowest BCUT2D eigenvalue weighted by molar-refractivity contribution is -0.116. The number of benzene rings is 1. The summed E-state index contributed by atoms with van der Waals surface area (Å²) in [5.41, 5.74) is -0.457. The average molecular weight is 489 g/mol. The summed E-state index contributed by atoms with van der Waals surface area (Å²) in [5.74, 6) is -0.588. The van der Waals surface area contributed by atoms with Gasteiger partial charge < -0.3 is 9.88 Å². The van der Waals surface area contributed by atoms with E-state index in [-0.39, 0.29) is 28.1 Å². The number of anilines is 1. The molecule has 2 atom stereocenters. The van der Waals surface area contributed by atoms with Crippen molar-refractivity contribution in [2.24, 2.45) is 14.1 Å². The molecule has 2 unspecified atom stereocenters. The molecular weight excluding hydrogens is 460 g/mol. The van der Waals surface area contributed by atoms with E-state index in [0.717, 1.165) is 23.8 Å². The van der Waals surface area contributed by atoms with Gasteiger partial charge >= 0.3 is 5.69 Å². The van der Waals surface area contributed by atoms with Crippen LogP contribution in [-0.4, -0.2) is 49.4 Å². The summed E-state index contributed by atoms with van der Waals surface area (Å²) in [7, 11) is -0.554. The molecule has 0 spiro atoms. The minimum atomic E-state index is -3.67. The Hall–Kier alpha value is -3.25. The van der Waals surface area contributed by atoms with Crippen LogP contribution in [0.5, 0.6) is 0 Å². The first-order valence-electron chi connectivity index (χ1n) is 11.1. The number of nitrogens with one attached hydrogen (secondary N) is 1. The van der Waals surface area contributed by atoms with E-state index >= 15 is 0 Å². The highest BCUT2D eigenvalue weighted by molar-refractivity contribution is 7.89. The number of hydrogen-bond donors (Lipinski definition) is 1. The van der Waals surface area contributed by atoms with Gasteiger partial charge in [0.25, 0.3) is 5.56 Å². The molecule has 4 rings (SSSR count). The molecule has 3 aromatic rings. The third kappa shape index (κ3) is 4.07. The number of piperidine rings is 1. The number of sulfonamides is 1. The maximum Gasteiger partial charge on any atom is 0.332 e. The molecule has 1 aromatic carbocycles. The second-order valence-corrected chi connectivity index (χ2v) is 10.6. The Morgan fingerprint density at radius 1 is 1.09 bits per heavy atom. The number of hydrogen-bond acceptors (Lipinski definition) is 6. The van der Waals surface area contributed by atoms with E-state index in [4.69, 9.17) is 0 Å². The second-order valence-electron chi connectivity index (χ2n) is 8.80. The number of imidazole rings is 1. The largest absolute Gasteiger partial charge is 0.332 e. The standard InChI is InChI=1S/C22H28N6O5S/c1-14-6-5-7-15(2)28(14)34(32,33)17-10-8-16(9-11-17)24-18(29)12-27-21(30)19-20(23-13-25(19)3)26(4)22(27)31/h8-11,13-15H,5-7,12H2,1-4H3,(H,24,29). The van der Waals surface area contributed by atoms with Crippen LogP contribution in [0.15, 0.2) is 45.1 Å². The highest BCUT2D eigenvalue weighted by atomic mass is 32.2. The number of carbonyl (C=O) groups is 1. The third-order valence-corrected chi connectivity index (χ3v) is 8.47. The fourth-order valence-electron chi connectivity index (χ4n) is 4.58. The molecule has 1 N–H and O–H groups in total. The molecule has 34 heavy (non-hydrogen) atoms. The van der Waals surface area contributed by atoms with Gasteiger partial charge in [0, 0.05) is 31.9 Å². The van der Waals surface area contributed by atoms with E-state index in [9.17, 15) is 22.8 Å². The van der Waals surface area contributed by atoms with Gasteiger partial charge in [0.15, 0.2) is 11.2 Å². The number of aromatic nitrogens is 4. The zero-order chi connectivity index (χ0) is 24.8. The Bertz CT molecular complexity index is 1460. The fraction of sp³-hybridized carbons (Fsp3) is 0.455. The van der Waals surface area contributed by atoms with Crippen LogP contribution < -0.4 is 16.6 Å². The number of fused-ring (bicyclic) bond motifs is 1. The van der Waals surface area contributed by atoms with Gasteiger partial charge in [-0.1, -0.05) is 6.42 Å². The Kier molecular flexibility index (Phi) is 6.21. The first-order chi connectivity index (χ1) is 16.0. The molecule has 1 amide bonds. The summed E-state index contributed by atoms with van der Waals surface area (Å²) < 4.78 is 31.4. The molecule has 1 aliphatic heterocycles. The molecule has 0 saturated carbocycles. The fourth-order valence-corrected chi connectivity index (χ4v) is 6.46. The van der Waals surface area contributed by atoms with E-state index in [1.807, 2.05) is 13.8 Å². The van der Waals surface area contributed by atoms with Gasteiger partial charge in [-0.25, -0.2) is 22.8 Å². The molecule has 1 fully saturated rings. The van der Waals surface area contributed by atoms with Crippen LogP contribution >= 0.6 is 0 Å². The quantitative estimate of drug-likeness (QED) is 0.571. The van der Waals surface area contributed by atoms with Crippen molar-refractivity contribution in [3.05, 3.63) is 51.4 Å². The lowest BCUT2D eigenvalue weighted by Gasteiger charge is -2.37. The Morgan fingerprint density at radius 2 is 1.71 bits per heavy atom. The SMILES string of the molecule is CC1CCCC(C)N1S(=O)(=O)c1ccc(NC(=O)Cn2c(=O)c3c(ncn3C)n(C)c2=O)cc1. The topological polar surface area (TPSA) is 128 Å². The minimum absolute atomic E-state index is 0.0779. The summed E-state index contributed by atoms with van der Waals surface area (Å²) >= 11 is 0. The van der Waals surface area contributed by atoms with Gasteiger partial charge in [0.2, 0.25) is 15.9 Å². The molecule has 3 heterocycles. The highest BCUT2D eigenvalue weighted by Gasteiger charge is 2.35. The van der Waals surface area contributed by atoms with E-state index in [1.165, 1.54) is 46.8 Å². The van der Waals surface area contributed by atoms with Crippen molar-refractivity contribution in [1.82, 2.24) is 23.0 Å². The number of aryl methyl sites for hydroxylation is 2. The van der Waals surface area contributed by atoms with E-state index in [1.54, 1.807) is 11.4 Å². The first-order valence-corrected chi connectivity index (χ1v) is 12.5. The molecular formula is C22H28N6O5S. The highest BCUT2D eigenvalue weighted by Crippen LogP contribution is 2.29. The zero-order valence-electron chi connectivity index (χ0n) is 19.6. The summed E-state index contributed by atoms with van der Waals surface area (Å²) in [6.07, 6.45) is 4.07. The molecule has 2 aromatic heterocycles. The summed E-state index contributed by atoms with van der Waals surface area (Å²) in [5, 5.41) is 2.62. The maximum atomic E-state index is 13.2. The Labute approximate surface area is 196 Å². The van der Waals surface area contributed by atoms with Gasteiger partial charge in [-0.05, 0) is 51.0 Å². The van der Waals surface area contributed by atoms with Gasteiger partial charge in [-0.3, -0.25) is 14.2 Å². The van der Waals surface area contributed by atoms with E-state index in [0.29, 0.717) is 5.69 Å². The molecule has 0 aliphatic carbocycles. The molecule has 1 saturated heterocycles. The Morgan fingerprint density at radius 3 is 2.32 bits per heavy atom. The number of nitrogens with zero attached hydrogens (tertiary/aromatic N) is 5. The maximum absolute atomic E-state index is 13.2. The van der Waals surface area contributed by atoms with Crippen molar-refractivity contribution in [1.29, 1.82) is 0 Å². The molecule has 0 radical (unpaired) electrons. The smallest absolute Gasteiger partial charge is 0.328 e. The molecule has 12 heteroatoms. The van der Waals surface area contributed by atoms with Crippen LogP contribution in [0.4, 0.5) is 5.69 Å². The van der Waals surface area contributed by atoms with Crippen LogP contribution in [0, 0.1) is 0 Å². The van der Waals surface area contributed by atoms with Gasteiger partial charge in [-0.15, -0.1) is 0 Å². The number of carbonyl (C=O) groups excluding carboxylic acids is 1. The lowest BCUT2D eigenvalue weighted by atomic mass is 10.0. The average Bonchev–Trinajstić information content (AvgIpc) is 3.17. The predicted molar refractivity (Wildman–Crippen MR) is 127 cm³/mol. The number of amides is 1. The second kappa shape index (κ2) is 8.84. The van der Waals surface area contributed by atoms with Gasteiger partial charge in [-0.2, -0.15) is 4.31 Å². The molecule has 1 aliphatic rings. The summed E-state index contributed by atoms with van der Waals surface area (Å²) in [4.78, 5) is 42.2. The van der Waals surface area contributed by atoms with Crippen molar-refractivity contribution >= 4 is 32.8 Å².